The quantitative estimate of drug-likeness (QED) is 0.595. The van der Waals surface area contributed by atoms with Crippen LogP contribution in [0.4, 0.5) is 5.69 Å². The predicted molar refractivity (Wildman–Crippen MR) is 67.0 cm³/mol. The molecular formula is C13H16ClNO. The first kappa shape index (κ1) is 11.5. The van der Waals surface area contributed by atoms with E-state index in [1.807, 2.05) is 6.07 Å². The fourth-order valence-electron chi connectivity index (χ4n) is 2.20. The van der Waals surface area contributed by atoms with Crippen molar-refractivity contribution in [1.29, 1.82) is 0 Å². The number of nitrogens with zero attached hydrogens (tertiary/aromatic N) is 1. The predicted octanol–water partition coefficient (Wildman–Crippen LogP) is 2.98. The van der Waals surface area contributed by atoms with Gasteiger partial charge in [0.05, 0.1) is 0 Å². The summed E-state index contributed by atoms with van der Waals surface area (Å²) in [4.78, 5) is 13.2. The second-order valence-electron chi connectivity index (χ2n) is 4.27. The number of ketones is 1. The van der Waals surface area contributed by atoms with E-state index < -0.39 is 0 Å². The first-order chi connectivity index (χ1) is 7.68. The van der Waals surface area contributed by atoms with Crippen LogP contribution in [0.5, 0.6) is 0 Å². The summed E-state index contributed by atoms with van der Waals surface area (Å²) in [5, 5.41) is 0. The van der Waals surface area contributed by atoms with Crippen molar-refractivity contribution >= 4 is 23.1 Å². The number of carbonyl (C=O) groups is 1. The van der Waals surface area contributed by atoms with Crippen LogP contribution in [-0.2, 0) is 11.2 Å². The highest BCUT2D eigenvalue weighted by Gasteiger charge is 2.22. The summed E-state index contributed by atoms with van der Waals surface area (Å²) in [5.74, 6) is 0.142. The van der Waals surface area contributed by atoms with Crippen molar-refractivity contribution in [3.8, 4) is 0 Å². The topological polar surface area (TPSA) is 20.3 Å². The van der Waals surface area contributed by atoms with Crippen LogP contribution in [0.15, 0.2) is 24.3 Å². The highest BCUT2D eigenvalue weighted by molar-refractivity contribution is 6.23. The number of fused-ring (bicyclic) bond motifs is 1. The first-order valence-electron chi connectivity index (χ1n) is 5.66. The van der Waals surface area contributed by atoms with Gasteiger partial charge in [0.15, 0.2) is 0 Å². The van der Waals surface area contributed by atoms with Crippen molar-refractivity contribution in [3.05, 3.63) is 29.8 Å². The zero-order valence-electron chi connectivity index (χ0n) is 9.45. The van der Waals surface area contributed by atoms with Gasteiger partial charge in [-0.1, -0.05) is 29.8 Å². The Morgan fingerprint density at radius 2 is 2.25 bits per heavy atom. The van der Waals surface area contributed by atoms with E-state index in [1.54, 1.807) is 6.92 Å². The number of aryl methyl sites for hydroxylation is 1. The van der Waals surface area contributed by atoms with E-state index in [0.717, 1.165) is 19.4 Å². The number of anilines is 1. The van der Waals surface area contributed by atoms with Gasteiger partial charge >= 0.3 is 0 Å². The van der Waals surface area contributed by atoms with Crippen molar-refractivity contribution in [3.63, 3.8) is 0 Å². The van der Waals surface area contributed by atoms with Crippen LogP contribution in [0.25, 0.3) is 0 Å². The van der Waals surface area contributed by atoms with Gasteiger partial charge in [-0.15, -0.1) is 0 Å². The summed E-state index contributed by atoms with van der Waals surface area (Å²) in [6.07, 6.45) is 2.63. The molecule has 0 radical (unpaired) electrons. The first-order valence-corrected chi connectivity index (χ1v) is 6.10. The monoisotopic (exact) mass is 237 g/mol. The fraction of sp³-hybridized carbons (Fsp3) is 0.462. The van der Waals surface area contributed by atoms with E-state index in [9.17, 15) is 4.79 Å². The molecule has 0 aromatic heterocycles. The van der Waals surface area contributed by atoms with E-state index in [4.69, 9.17) is 11.6 Å². The molecule has 1 aromatic rings. The van der Waals surface area contributed by atoms with Crippen molar-refractivity contribution in [2.45, 2.75) is 31.7 Å². The normalized spacial score (nSPS) is 16.8. The molecule has 2 nitrogen and oxygen atoms in total. The van der Waals surface area contributed by atoms with Gasteiger partial charge in [0.2, 0.25) is 0 Å². The molecule has 0 fully saturated rings. The molecule has 0 N–H and O–H groups in total. The molecule has 1 atom stereocenters. The molecule has 3 heteroatoms. The number of hydrogen-bond donors (Lipinski definition) is 0. The van der Waals surface area contributed by atoms with Crippen molar-refractivity contribution in [2.75, 3.05) is 11.4 Å². The number of benzene rings is 1. The number of alkyl halides is 1. The van der Waals surface area contributed by atoms with Crippen LogP contribution < -0.4 is 4.90 Å². The molecule has 0 bridgehead atoms. The second kappa shape index (κ2) is 4.88. The van der Waals surface area contributed by atoms with E-state index in [0.29, 0.717) is 6.42 Å². The SMILES string of the molecule is CC(=O)CC(Cl)N1CCCc2ccccc21. The molecule has 0 saturated heterocycles. The lowest BCUT2D eigenvalue weighted by Crippen LogP contribution is -2.36. The van der Waals surface area contributed by atoms with Gasteiger partial charge in [-0.2, -0.15) is 0 Å². The third-order valence-corrected chi connectivity index (χ3v) is 3.33. The van der Waals surface area contributed by atoms with E-state index >= 15 is 0 Å². The van der Waals surface area contributed by atoms with Crippen LogP contribution in [0.1, 0.15) is 25.3 Å². The maximum atomic E-state index is 11.1. The van der Waals surface area contributed by atoms with Crippen molar-refractivity contribution < 1.29 is 4.79 Å². The molecule has 1 heterocycles. The Bertz CT molecular complexity index is 391. The molecule has 0 saturated carbocycles. The Labute approximate surface area is 101 Å². The minimum absolute atomic E-state index is 0.142. The van der Waals surface area contributed by atoms with Gasteiger partial charge in [-0.3, -0.25) is 4.79 Å². The molecule has 1 aliphatic heterocycles. The van der Waals surface area contributed by atoms with Crippen LogP contribution in [0, 0.1) is 0 Å². The molecule has 0 spiro atoms. The molecule has 0 amide bonds. The smallest absolute Gasteiger partial charge is 0.133 e. The highest BCUT2D eigenvalue weighted by atomic mass is 35.5. The third kappa shape index (κ3) is 2.38. The van der Waals surface area contributed by atoms with Gasteiger partial charge < -0.3 is 4.90 Å². The largest absolute Gasteiger partial charge is 0.354 e. The van der Waals surface area contributed by atoms with E-state index in [2.05, 4.69) is 23.1 Å². The highest BCUT2D eigenvalue weighted by Crippen LogP contribution is 2.30. The van der Waals surface area contributed by atoms with Gasteiger partial charge in [-0.05, 0) is 31.4 Å². The summed E-state index contributed by atoms with van der Waals surface area (Å²) in [6, 6.07) is 8.30. The molecule has 16 heavy (non-hydrogen) atoms. The zero-order chi connectivity index (χ0) is 11.5. The van der Waals surface area contributed by atoms with Crippen molar-refractivity contribution in [2.24, 2.45) is 0 Å². The van der Waals surface area contributed by atoms with Crippen LogP contribution in [-0.4, -0.2) is 17.8 Å². The average Bonchev–Trinajstić information content (AvgIpc) is 2.27. The average molecular weight is 238 g/mol. The van der Waals surface area contributed by atoms with E-state index in [-0.39, 0.29) is 11.3 Å². The minimum atomic E-state index is -0.209. The summed E-state index contributed by atoms with van der Waals surface area (Å²) in [6.45, 7) is 2.53. The zero-order valence-corrected chi connectivity index (χ0v) is 10.2. The number of halogens is 1. The second-order valence-corrected chi connectivity index (χ2v) is 4.77. The standard InChI is InChI=1S/C13H16ClNO/c1-10(16)9-13(14)15-8-4-6-11-5-2-3-7-12(11)15/h2-3,5,7,13H,4,6,8-9H2,1H3. The van der Waals surface area contributed by atoms with E-state index in [1.165, 1.54) is 11.3 Å². The molecular weight excluding hydrogens is 222 g/mol. The molecule has 0 aliphatic carbocycles. The maximum absolute atomic E-state index is 11.1. The van der Waals surface area contributed by atoms with Gasteiger partial charge in [-0.25, -0.2) is 0 Å². The number of rotatable bonds is 3. The van der Waals surface area contributed by atoms with Crippen LogP contribution in [0.3, 0.4) is 0 Å². The van der Waals surface area contributed by atoms with Crippen LogP contribution in [0.2, 0.25) is 0 Å². The summed E-state index contributed by atoms with van der Waals surface area (Å²) in [5.41, 5.74) is 2.32. The Kier molecular flexibility index (Phi) is 3.49. The Hall–Kier alpha value is -1.02. The molecule has 1 unspecified atom stereocenters. The Balaban J connectivity index is 2.21. The number of hydrogen-bond acceptors (Lipinski definition) is 2. The van der Waals surface area contributed by atoms with Crippen molar-refractivity contribution in [1.82, 2.24) is 0 Å². The summed E-state index contributed by atoms with van der Waals surface area (Å²) < 4.78 is 0. The lowest BCUT2D eigenvalue weighted by atomic mass is 10.0. The number of carbonyl (C=O) groups excluding carboxylic acids is 1. The maximum Gasteiger partial charge on any atom is 0.133 e. The Morgan fingerprint density at radius 3 is 3.00 bits per heavy atom. The summed E-state index contributed by atoms with van der Waals surface area (Å²) in [7, 11) is 0. The molecule has 2 rings (SSSR count). The number of para-hydroxylation sites is 1. The lowest BCUT2D eigenvalue weighted by molar-refractivity contribution is -0.117. The molecule has 86 valence electrons. The van der Waals surface area contributed by atoms with Crippen LogP contribution >= 0.6 is 11.6 Å². The lowest BCUT2D eigenvalue weighted by Gasteiger charge is -2.34. The third-order valence-electron chi connectivity index (χ3n) is 2.94. The van der Waals surface area contributed by atoms with Gasteiger partial charge in [0, 0.05) is 18.7 Å². The molecule has 1 aromatic carbocycles. The summed E-state index contributed by atoms with van der Waals surface area (Å²) >= 11 is 6.29. The fourth-order valence-corrected chi connectivity index (χ4v) is 2.62. The van der Waals surface area contributed by atoms with Gasteiger partial charge in [0.1, 0.15) is 11.3 Å². The number of Topliss-reactive ketones (excluding diaryl/α,β-unsaturated/α-hetero) is 1. The molecule has 1 aliphatic rings. The Morgan fingerprint density at radius 1 is 1.50 bits per heavy atom. The van der Waals surface area contributed by atoms with Gasteiger partial charge in [0.25, 0.3) is 0 Å². The minimum Gasteiger partial charge on any atom is -0.354 e.